The van der Waals surface area contributed by atoms with Crippen molar-refractivity contribution in [2.45, 2.75) is 27.3 Å². The van der Waals surface area contributed by atoms with Crippen molar-refractivity contribution in [2.24, 2.45) is 5.41 Å². The largest absolute Gasteiger partial charge is 0.256 e. The van der Waals surface area contributed by atoms with Crippen molar-refractivity contribution in [3.8, 4) is 11.1 Å². The number of benzene rings is 2. The van der Waals surface area contributed by atoms with Crippen molar-refractivity contribution in [1.82, 2.24) is 20.0 Å². The summed E-state index contributed by atoms with van der Waals surface area (Å²) >= 11 is 3.74. The topological polar surface area (TPSA) is 43.6 Å². The second kappa shape index (κ2) is 5.92. The van der Waals surface area contributed by atoms with Crippen LogP contribution in [-0.2, 0) is 6.54 Å². The lowest BCUT2D eigenvalue weighted by molar-refractivity contribution is 0.327. The molecule has 0 unspecified atom stereocenters. The standard InChI is InChI=1S/C20H19BrN4/c1-20(2,3)12-25-17-9-7-15(18(21)19(17)23-24-25)13-6-8-16-14(11-13)5-4-10-22-16/h4-11H,12H2,1-3H3. The van der Waals surface area contributed by atoms with Crippen molar-refractivity contribution in [2.75, 3.05) is 0 Å². The molecule has 2 aromatic heterocycles. The van der Waals surface area contributed by atoms with E-state index in [9.17, 15) is 0 Å². The molecule has 2 aromatic carbocycles. The Morgan fingerprint density at radius 3 is 2.72 bits per heavy atom. The fraction of sp³-hybridized carbons (Fsp3) is 0.250. The van der Waals surface area contributed by atoms with Gasteiger partial charge in [-0.15, -0.1) is 5.10 Å². The third-order valence-electron chi connectivity index (χ3n) is 4.16. The summed E-state index contributed by atoms with van der Waals surface area (Å²) in [6, 6.07) is 14.6. The highest BCUT2D eigenvalue weighted by Gasteiger charge is 2.17. The molecule has 0 aliphatic heterocycles. The number of pyridine rings is 1. The first-order valence-corrected chi connectivity index (χ1v) is 9.08. The molecule has 4 aromatic rings. The van der Waals surface area contributed by atoms with Crippen LogP contribution in [0.1, 0.15) is 20.8 Å². The van der Waals surface area contributed by atoms with E-state index < -0.39 is 0 Å². The van der Waals surface area contributed by atoms with E-state index in [0.29, 0.717) is 0 Å². The maximum absolute atomic E-state index is 4.40. The molecule has 4 nitrogen and oxygen atoms in total. The lowest BCUT2D eigenvalue weighted by Gasteiger charge is -2.18. The predicted molar refractivity (Wildman–Crippen MR) is 105 cm³/mol. The van der Waals surface area contributed by atoms with Crippen LogP contribution in [0.15, 0.2) is 53.1 Å². The smallest absolute Gasteiger partial charge is 0.127 e. The van der Waals surface area contributed by atoms with Crippen molar-refractivity contribution >= 4 is 37.9 Å². The van der Waals surface area contributed by atoms with Gasteiger partial charge in [0, 0.05) is 18.1 Å². The summed E-state index contributed by atoms with van der Waals surface area (Å²) in [5.74, 6) is 0. The SMILES string of the molecule is CC(C)(C)Cn1nnc2c(Br)c(-c3ccc4ncccc4c3)ccc21. The Kier molecular flexibility index (Phi) is 3.84. The van der Waals surface area contributed by atoms with Crippen LogP contribution in [0.5, 0.6) is 0 Å². The summed E-state index contributed by atoms with van der Waals surface area (Å²) in [5.41, 5.74) is 5.35. The summed E-state index contributed by atoms with van der Waals surface area (Å²) in [5, 5.41) is 9.89. The highest BCUT2D eigenvalue weighted by Crippen LogP contribution is 2.35. The number of rotatable bonds is 2. The van der Waals surface area contributed by atoms with E-state index in [4.69, 9.17) is 0 Å². The van der Waals surface area contributed by atoms with Gasteiger partial charge in [-0.25, -0.2) is 4.68 Å². The van der Waals surface area contributed by atoms with E-state index in [1.54, 1.807) is 0 Å². The van der Waals surface area contributed by atoms with Gasteiger partial charge in [0.1, 0.15) is 5.52 Å². The van der Waals surface area contributed by atoms with E-state index in [1.807, 2.05) is 16.9 Å². The molecule has 0 atom stereocenters. The van der Waals surface area contributed by atoms with Crippen molar-refractivity contribution in [3.63, 3.8) is 0 Å². The van der Waals surface area contributed by atoms with Gasteiger partial charge < -0.3 is 0 Å². The molecule has 0 saturated heterocycles. The number of hydrogen-bond donors (Lipinski definition) is 0. The summed E-state index contributed by atoms with van der Waals surface area (Å²) in [4.78, 5) is 4.39. The average molecular weight is 395 g/mol. The molecular weight excluding hydrogens is 376 g/mol. The number of hydrogen-bond acceptors (Lipinski definition) is 3. The fourth-order valence-electron chi connectivity index (χ4n) is 3.04. The molecule has 0 bridgehead atoms. The van der Waals surface area contributed by atoms with Crippen LogP contribution < -0.4 is 0 Å². The zero-order chi connectivity index (χ0) is 17.6. The third kappa shape index (κ3) is 3.04. The van der Waals surface area contributed by atoms with Crippen LogP contribution in [0.2, 0.25) is 0 Å². The van der Waals surface area contributed by atoms with Gasteiger partial charge in [0.15, 0.2) is 0 Å². The number of fused-ring (bicyclic) bond motifs is 2. The lowest BCUT2D eigenvalue weighted by atomic mass is 9.97. The second-order valence-corrected chi connectivity index (χ2v) is 8.31. The van der Waals surface area contributed by atoms with Crippen molar-refractivity contribution < 1.29 is 0 Å². The molecule has 0 saturated carbocycles. The van der Waals surface area contributed by atoms with E-state index in [-0.39, 0.29) is 5.41 Å². The molecule has 0 amide bonds. The molecule has 0 spiro atoms. The Balaban J connectivity index is 1.83. The number of nitrogens with zero attached hydrogens (tertiary/aromatic N) is 4. The zero-order valence-corrected chi connectivity index (χ0v) is 16.1. The minimum atomic E-state index is 0.150. The van der Waals surface area contributed by atoms with Gasteiger partial charge in [0.25, 0.3) is 0 Å². The Labute approximate surface area is 155 Å². The molecule has 0 aliphatic carbocycles. The molecule has 4 rings (SSSR count). The molecule has 5 heteroatoms. The lowest BCUT2D eigenvalue weighted by Crippen LogP contribution is -2.16. The van der Waals surface area contributed by atoms with Crippen LogP contribution in [0.25, 0.3) is 33.1 Å². The number of aromatic nitrogens is 4. The van der Waals surface area contributed by atoms with Gasteiger partial charge in [-0.1, -0.05) is 44.2 Å². The first-order chi connectivity index (χ1) is 11.9. The van der Waals surface area contributed by atoms with Gasteiger partial charge >= 0.3 is 0 Å². The second-order valence-electron chi connectivity index (χ2n) is 7.51. The van der Waals surface area contributed by atoms with Crippen molar-refractivity contribution in [1.29, 1.82) is 0 Å². The maximum atomic E-state index is 4.40. The van der Waals surface area contributed by atoms with Crippen molar-refractivity contribution in [3.05, 3.63) is 53.1 Å². The molecule has 0 N–H and O–H groups in total. The molecular formula is C20H19BrN4. The average Bonchev–Trinajstić information content (AvgIpc) is 2.97. The van der Waals surface area contributed by atoms with Crippen LogP contribution in [0.3, 0.4) is 0 Å². The van der Waals surface area contributed by atoms with Gasteiger partial charge in [0.05, 0.1) is 15.5 Å². The van der Waals surface area contributed by atoms with E-state index in [1.165, 1.54) is 0 Å². The summed E-state index contributed by atoms with van der Waals surface area (Å²) in [7, 11) is 0. The fourth-order valence-corrected chi connectivity index (χ4v) is 3.68. The van der Waals surface area contributed by atoms with E-state index in [0.717, 1.165) is 44.1 Å². The minimum Gasteiger partial charge on any atom is -0.256 e. The van der Waals surface area contributed by atoms with Crippen LogP contribution >= 0.6 is 15.9 Å². The van der Waals surface area contributed by atoms with Crippen LogP contribution in [0, 0.1) is 5.41 Å². The monoisotopic (exact) mass is 394 g/mol. The zero-order valence-electron chi connectivity index (χ0n) is 14.5. The highest BCUT2D eigenvalue weighted by molar-refractivity contribution is 9.10. The number of halogens is 1. The Bertz CT molecular complexity index is 1080. The Morgan fingerprint density at radius 1 is 1.08 bits per heavy atom. The highest BCUT2D eigenvalue weighted by atomic mass is 79.9. The van der Waals surface area contributed by atoms with Crippen LogP contribution in [-0.4, -0.2) is 20.0 Å². The molecule has 0 radical (unpaired) electrons. The Morgan fingerprint density at radius 2 is 1.92 bits per heavy atom. The normalized spacial score (nSPS) is 12.2. The molecule has 0 aliphatic rings. The van der Waals surface area contributed by atoms with Gasteiger partial charge in [-0.3, -0.25) is 4.98 Å². The quantitative estimate of drug-likeness (QED) is 0.453. The van der Waals surface area contributed by atoms with Gasteiger partial charge in [0.2, 0.25) is 0 Å². The summed E-state index contributed by atoms with van der Waals surface area (Å²) < 4.78 is 2.96. The van der Waals surface area contributed by atoms with Crippen LogP contribution in [0.4, 0.5) is 0 Å². The first-order valence-electron chi connectivity index (χ1n) is 8.29. The van der Waals surface area contributed by atoms with E-state index in [2.05, 4.69) is 88.4 Å². The predicted octanol–water partition coefficient (Wildman–Crippen LogP) is 5.46. The molecule has 126 valence electrons. The molecule has 0 fully saturated rings. The summed E-state index contributed by atoms with van der Waals surface area (Å²) in [6.45, 7) is 7.43. The minimum absolute atomic E-state index is 0.150. The van der Waals surface area contributed by atoms with Gasteiger partial charge in [-0.2, -0.15) is 0 Å². The maximum Gasteiger partial charge on any atom is 0.127 e. The first kappa shape index (κ1) is 16.2. The van der Waals surface area contributed by atoms with E-state index >= 15 is 0 Å². The molecule has 2 heterocycles. The van der Waals surface area contributed by atoms with Gasteiger partial charge in [-0.05, 0) is 56.7 Å². The molecule has 25 heavy (non-hydrogen) atoms. The third-order valence-corrected chi connectivity index (χ3v) is 4.97. The Hall–Kier alpha value is -2.27. The summed E-state index contributed by atoms with van der Waals surface area (Å²) in [6.07, 6.45) is 1.82.